The first kappa shape index (κ1) is 68.9. The summed E-state index contributed by atoms with van der Waals surface area (Å²) in [5.41, 5.74) is 0. The molecule has 0 aliphatic rings. The molecule has 0 saturated carbocycles. The zero-order valence-corrected chi connectivity index (χ0v) is 47.4. The number of rotatable bonds is 48. The lowest BCUT2D eigenvalue weighted by molar-refractivity contribution is -0.870. The molecule has 0 bridgehead atoms. The molecule has 410 valence electrons. The van der Waals surface area contributed by atoms with Crippen molar-refractivity contribution in [2.75, 3.05) is 40.9 Å². The fraction of sp³-hybridized carbons (Fsp3) is 0.547. The number of nitrogens with zero attached hydrogens (tertiary/aromatic N) is 1. The van der Waals surface area contributed by atoms with E-state index in [9.17, 15) is 19.4 Å². The third-order valence-corrected chi connectivity index (χ3v) is 12.1. The van der Waals surface area contributed by atoms with Crippen molar-refractivity contribution in [2.45, 2.75) is 187 Å². The van der Waals surface area contributed by atoms with Crippen LogP contribution < -0.4 is 10.2 Å². The molecule has 8 nitrogen and oxygen atoms in total. The summed E-state index contributed by atoms with van der Waals surface area (Å²) in [4.78, 5) is 25.3. The minimum Gasteiger partial charge on any atom is -0.756 e. The van der Waals surface area contributed by atoms with Crippen LogP contribution >= 0.6 is 7.82 Å². The summed E-state index contributed by atoms with van der Waals surface area (Å²) in [6.07, 6.45) is 84.5. The summed E-state index contributed by atoms with van der Waals surface area (Å²) in [6, 6.07) is -0.926. The number of likely N-dealkylation sites (N-methyl/N-ethyl adjacent to an activating group) is 1. The van der Waals surface area contributed by atoms with Crippen LogP contribution in [0.4, 0.5) is 0 Å². The summed E-state index contributed by atoms with van der Waals surface area (Å²) in [6.45, 7) is 4.33. The number of hydrogen-bond donors (Lipinski definition) is 2. The number of allylic oxidation sites excluding steroid dienone is 27. The van der Waals surface area contributed by atoms with E-state index in [1.165, 1.54) is 19.3 Å². The van der Waals surface area contributed by atoms with E-state index in [1.807, 2.05) is 27.2 Å². The van der Waals surface area contributed by atoms with Crippen LogP contribution in [0.25, 0.3) is 0 Å². The fourth-order valence-corrected chi connectivity index (χ4v) is 7.56. The van der Waals surface area contributed by atoms with Crippen molar-refractivity contribution in [3.8, 4) is 0 Å². The van der Waals surface area contributed by atoms with Crippen molar-refractivity contribution in [3.63, 3.8) is 0 Å². The molecule has 0 aromatic rings. The molecule has 0 radical (unpaired) electrons. The van der Waals surface area contributed by atoms with Crippen LogP contribution in [0.3, 0.4) is 0 Å². The van der Waals surface area contributed by atoms with Crippen molar-refractivity contribution in [3.05, 3.63) is 170 Å². The molecule has 0 aliphatic carbocycles. The van der Waals surface area contributed by atoms with Crippen molar-refractivity contribution in [1.82, 2.24) is 5.32 Å². The minimum absolute atomic E-state index is 0.0209. The van der Waals surface area contributed by atoms with Gasteiger partial charge in [0, 0.05) is 6.42 Å². The van der Waals surface area contributed by atoms with Crippen LogP contribution in [0.15, 0.2) is 170 Å². The number of phosphoric acid groups is 1. The van der Waals surface area contributed by atoms with E-state index in [4.69, 9.17) is 9.05 Å². The van der Waals surface area contributed by atoms with Crippen molar-refractivity contribution in [2.24, 2.45) is 0 Å². The van der Waals surface area contributed by atoms with Crippen LogP contribution in [-0.2, 0) is 18.4 Å². The monoisotopic (exact) mass is 1030 g/mol. The molecule has 0 spiro atoms. The molecule has 1 amide bonds. The Kier molecular flexibility index (Phi) is 49.7. The Morgan fingerprint density at radius 2 is 0.808 bits per heavy atom. The maximum Gasteiger partial charge on any atom is 0.268 e. The third-order valence-electron chi connectivity index (χ3n) is 11.1. The Morgan fingerprint density at radius 3 is 1.22 bits per heavy atom. The summed E-state index contributed by atoms with van der Waals surface area (Å²) in [7, 11) is 1.20. The molecule has 2 N–H and O–H groups in total. The predicted molar refractivity (Wildman–Crippen MR) is 315 cm³/mol. The average Bonchev–Trinajstić information content (AvgIpc) is 3.35. The van der Waals surface area contributed by atoms with Gasteiger partial charge in [0.25, 0.3) is 7.82 Å². The largest absolute Gasteiger partial charge is 0.756 e. The van der Waals surface area contributed by atoms with Gasteiger partial charge in [-0.2, -0.15) is 0 Å². The van der Waals surface area contributed by atoms with Crippen LogP contribution in [0.1, 0.15) is 174 Å². The van der Waals surface area contributed by atoms with E-state index in [1.54, 1.807) is 6.08 Å². The summed E-state index contributed by atoms with van der Waals surface area (Å²) in [5, 5.41) is 13.7. The number of aliphatic hydroxyl groups is 1. The number of carbonyl (C=O) groups is 1. The number of carbonyl (C=O) groups excluding carboxylic acids is 1. The maximum atomic E-state index is 12.9. The van der Waals surface area contributed by atoms with Gasteiger partial charge < -0.3 is 28.8 Å². The molecule has 0 rings (SSSR count). The highest BCUT2D eigenvalue weighted by Crippen LogP contribution is 2.38. The van der Waals surface area contributed by atoms with Crippen LogP contribution in [0, 0.1) is 0 Å². The lowest BCUT2D eigenvalue weighted by Crippen LogP contribution is -2.45. The van der Waals surface area contributed by atoms with Gasteiger partial charge in [-0.25, -0.2) is 0 Å². The van der Waals surface area contributed by atoms with E-state index in [-0.39, 0.29) is 12.5 Å². The lowest BCUT2D eigenvalue weighted by atomic mass is 10.1. The fourth-order valence-electron chi connectivity index (χ4n) is 6.84. The van der Waals surface area contributed by atoms with Gasteiger partial charge in [0.15, 0.2) is 0 Å². The first-order chi connectivity index (χ1) is 35.5. The van der Waals surface area contributed by atoms with Gasteiger partial charge in [0.2, 0.25) is 5.91 Å². The molecule has 0 fully saturated rings. The Labute approximate surface area is 447 Å². The highest BCUT2D eigenvalue weighted by Gasteiger charge is 2.23. The summed E-state index contributed by atoms with van der Waals surface area (Å²) in [5.74, 6) is -0.234. The normalized spacial score (nSPS) is 15.2. The van der Waals surface area contributed by atoms with E-state index >= 15 is 0 Å². The third kappa shape index (κ3) is 55.4. The van der Waals surface area contributed by atoms with Gasteiger partial charge in [-0.05, 0) is 122 Å². The van der Waals surface area contributed by atoms with Crippen molar-refractivity contribution < 1.29 is 32.9 Å². The second-order valence-electron chi connectivity index (χ2n) is 19.2. The molecule has 73 heavy (non-hydrogen) atoms. The van der Waals surface area contributed by atoms with Gasteiger partial charge in [-0.1, -0.05) is 216 Å². The smallest absolute Gasteiger partial charge is 0.268 e. The molecule has 0 aromatic carbocycles. The summed E-state index contributed by atoms with van der Waals surface area (Å²) >= 11 is 0. The number of hydrogen-bond acceptors (Lipinski definition) is 6. The van der Waals surface area contributed by atoms with Gasteiger partial charge in [-0.3, -0.25) is 9.36 Å². The first-order valence-electron chi connectivity index (χ1n) is 28.0. The zero-order valence-electron chi connectivity index (χ0n) is 46.5. The van der Waals surface area contributed by atoms with Gasteiger partial charge in [-0.15, -0.1) is 0 Å². The molecule has 3 atom stereocenters. The molecule has 0 heterocycles. The number of unbranched alkanes of at least 4 members (excludes halogenated alkanes) is 9. The van der Waals surface area contributed by atoms with Crippen LogP contribution in [-0.4, -0.2) is 68.5 Å². The number of amides is 1. The standard InChI is InChI=1S/C64H103N2O6P/c1-6-8-10-12-14-16-18-19-20-21-22-23-24-25-26-27-28-29-30-31-32-33-34-35-36-37-38-39-40-41-42-43-44-45-46-47-48-50-52-54-56-58-64(68)65-62(61-72-73(69,70)71-60-59-66(3,4)5)63(67)57-55-53-51-49-17-15-13-11-9-7-2/h8-11,14,16-17,19-20,22-23,25-26,28-29,31-32,34-35,37-38,40-41,43-44,49,55,57,62-63,67H,6-7,12-13,15,18,21,24,27,30,33,36,39,42,45-48,50-54,56,58-61H2,1-5H3,(H-,65,68,69,70)/b10-8-,11-9+,16-14-,20-19-,23-22-,26-25-,29-28-,32-31-,35-34-,38-37-,41-40-,44-43-,49-17+,57-55+. The number of phosphoric ester groups is 1. The number of quaternary nitrogens is 1. The maximum absolute atomic E-state index is 12.9. The number of nitrogens with one attached hydrogen (secondary N) is 1. The van der Waals surface area contributed by atoms with Crippen LogP contribution in [0.5, 0.6) is 0 Å². The van der Waals surface area contributed by atoms with E-state index in [0.29, 0.717) is 23.9 Å². The highest BCUT2D eigenvalue weighted by atomic mass is 31.2. The Balaban J connectivity index is 4.12. The second kappa shape index (κ2) is 52.7. The summed E-state index contributed by atoms with van der Waals surface area (Å²) < 4.78 is 23.2. The van der Waals surface area contributed by atoms with Gasteiger partial charge >= 0.3 is 0 Å². The molecule has 3 unspecified atom stereocenters. The average molecular weight is 1030 g/mol. The van der Waals surface area contributed by atoms with E-state index in [0.717, 1.165) is 128 Å². The zero-order chi connectivity index (χ0) is 53.5. The molecule has 0 saturated heterocycles. The van der Waals surface area contributed by atoms with Gasteiger partial charge in [0.1, 0.15) is 13.2 Å². The quantitative estimate of drug-likeness (QED) is 0.0272. The second-order valence-corrected chi connectivity index (χ2v) is 20.6. The van der Waals surface area contributed by atoms with Crippen LogP contribution in [0.2, 0.25) is 0 Å². The molecule has 9 heteroatoms. The topological polar surface area (TPSA) is 108 Å². The molecule has 0 aliphatic heterocycles. The Morgan fingerprint density at radius 1 is 0.479 bits per heavy atom. The molecular formula is C64H103N2O6P. The van der Waals surface area contributed by atoms with Crippen molar-refractivity contribution >= 4 is 13.7 Å². The Bertz CT molecular complexity index is 1780. The molecular weight excluding hydrogens is 924 g/mol. The lowest BCUT2D eigenvalue weighted by Gasteiger charge is -2.29. The molecule has 0 aromatic heterocycles. The van der Waals surface area contributed by atoms with Gasteiger partial charge in [0.05, 0.1) is 39.9 Å². The minimum atomic E-state index is -4.61. The van der Waals surface area contributed by atoms with E-state index < -0.39 is 26.6 Å². The van der Waals surface area contributed by atoms with Crippen molar-refractivity contribution in [1.29, 1.82) is 0 Å². The Hall–Kier alpha value is -4.14. The highest BCUT2D eigenvalue weighted by molar-refractivity contribution is 7.45. The number of aliphatic hydroxyl groups excluding tert-OH is 1. The van der Waals surface area contributed by atoms with E-state index in [2.05, 4.69) is 177 Å². The first-order valence-corrected chi connectivity index (χ1v) is 29.5. The SMILES string of the molecule is CC/C=C\C/C=C\C/C=C\C/C=C\C/C=C\C/C=C\C/C=C\C/C=C\C/C=C\C/C=C\C/C=C\CCCCCCCCCC(=O)NC(COP(=O)([O-])OCC[N+](C)(C)C)C(O)/C=C/CC/C=C/CC/C=C/CC. The predicted octanol–water partition coefficient (Wildman–Crippen LogP) is 16.6.